The van der Waals surface area contributed by atoms with Crippen molar-refractivity contribution < 1.29 is 0 Å². The van der Waals surface area contributed by atoms with Gasteiger partial charge >= 0.3 is 0 Å². The molecule has 0 rings (SSSR count). The average molecular weight is 324 g/mol. The molecule has 0 bridgehead atoms. The Morgan fingerprint density at radius 1 is 0.435 bits per heavy atom. The Bertz CT molecular complexity index is 200. The average Bonchev–Trinajstić information content (AvgIpc) is 2.57. The molecule has 139 valence electrons. The normalized spacial score (nSPS) is 12.9. The topological polar surface area (TPSA) is 0 Å². The van der Waals surface area contributed by atoms with Crippen molar-refractivity contribution in [1.82, 2.24) is 0 Å². The maximum absolute atomic E-state index is 2.80. The molecular weight excluding hydrogens is 276 g/mol. The van der Waals surface area contributed by atoms with Gasteiger partial charge in [0.15, 0.2) is 0 Å². The van der Waals surface area contributed by atoms with Crippen molar-refractivity contribution in [3.05, 3.63) is 6.42 Å². The number of unbranched alkanes of at least 4 members (excludes halogenated alkanes) is 8. The third-order valence-corrected chi connectivity index (χ3v) is 5.26. The molecule has 0 aromatic rings. The van der Waals surface area contributed by atoms with Crippen LogP contribution in [-0.4, -0.2) is 0 Å². The Balaban J connectivity index is 4.13. The lowest BCUT2D eigenvalue weighted by Crippen LogP contribution is -2.11. The maximum Gasteiger partial charge on any atom is -0.0324 e. The zero-order chi connectivity index (χ0) is 17.2. The first-order chi connectivity index (χ1) is 11.3. The molecule has 1 atom stereocenters. The molecule has 0 saturated carbocycles. The van der Waals surface area contributed by atoms with E-state index in [2.05, 4.69) is 34.1 Å². The largest absolute Gasteiger partial charge is 0.0654 e. The highest BCUT2D eigenvalue weighted by Crippen LogP contribution is 2.29. The highest BCUT2D eigenvalue weighted by molar-refractivity contribution is 4.84. The molecular formula is C23H47. The van der Waals surface area contributed by atoms with E-state index in [1.165, 1.54) is 103 Å². The van der Waals surface area contributed by atoms with E-state index in [9.17, 15) is 0 Å². The van der Waals surface area contributed by atoms with E-state index >= 15 is 0 Å². The Kier molecular flexibility index (Phi) is 18.3. The number of hydrogen-bond donors (Lipinski definition) is 0. The van der Waals surface area contributed by atoms with Crippen molar-refractivity contribution >= 4 is 0 Å². The molecule has 0 spiro atoms. The predicted molar refractivity (Wildman–Crippen MR) is 108 cm³/mol. The summed E-state index contributed by atoms with van der Waals surface area (Å²) in [5.41, 5.74) is 0. The quantitative estimate of drug-likeness (QED) is 0.221. The van der Waals surface area contributed by atoms with Crippen molar-refractivity contribution in [2.75, 3.05) is 0 Å². The van der Waals surface area contributed by atoms with Crippen LogP contribution >= 0.6 is 0 Å². The fourth-order valence-corrected chi connectivity index (χ4v) is 3.64. The van der Waals surface area contributed by atoms with Gasteiger partial charge in [-0.1, -0.05) is 130 Å². The van der Waals surface area contributed by atoms with E-state index < -0.39 is 0 Å². The van der Waals surface area contributed by atoms with Crippen LogP contribution in [0.2, 0.25) is 0 Å². The van der Waals surface area contributed by atoms with Crippen LogP contribution in [0.3, 0.4) is 0 Å². The zero-order valence-electron chi connectivity index (χ0n) is 17.0. The van der Waals surface area contributed by atoms with Gasteiger partial charge in [0.25, 0.3) is 0 Å². The molecule has 0 amide bonds. The van der Waals surface area contributed by atoms with Crippen LogP contribution < -0.4 is 0 Å². The van der Waals surface area contributed by atoms with Gasteiger partial charge in [-0.3, -0.25) is 0 Å². The third kappa shape index (κ3) is 15.3. The molecule has 1 radical (unpaired) electrons. The molecule has 0 aromatic carbocycles. The van der Waals surface area contributed by atoms with Gasteiger partial charge < -0.3 is 0 Å². The first kappa shape index (κ1) is 23.0. The van der Waals surface area contributed by atoms with Crippen molar-refractivity contribution in [2.24, 2.45) is 11.8 Å². The van der Waals surface area contributed by atoms with Crippen LogP contribution in [-0.2, 0) is 0 Å². The fraction of sp³-hybridized carbons (Fsp3) is 0.957. The first-order valence-electron chi connectivity index (χ1n) is 11.1. The van der Waals surface area contributed by atoms with Gasteiger partial charge in [-0.2, -0.15) is 0 Å². The third-order valence-electron chi connectivity index (χ3n) is 5.26. The molecule has 0 saturated heterocycles. The summed E-state index contributed by atoms with van der Waals surface area (Å²) < 4.78 is 0. The summed E-state index contributed by atoms with van der Waals surface area (Å²) in [6.45, 7) is 9.32. The lowest BCUT2D eigenvalue weighted by molar-refractivity contribution is 0.373. The Hall–Kier alpha value is 0. The van der Waals surface area contributed by atoms with Crippen LogP contribution in [0.1, 0.15) is 130 Å². The molecule has 0 nitrogen and oxygen atoms in total. The van der Waals surface area contributed by atoms with Gasteiger partial charge in [-0.15, -0.1) is 0 Å². The molecule has 0 aliphatic rings. The van der Waals surface area contributed by atoms with Gasteiger partial charge in [0.05, 0.1) is 0 Å². The molecule has 0 heteroatoms. The lowest BCUT2D eigenvalue weighted by atomic mass is 9.82. The summed E-state index contributed by atoms with van der Waals surface area (Å²) >= 11 is 0. The maximum atomic E-state index is 2.80. The van der Waals surface area contributed by atoms with Crippen molar-refractivity contribution in [3.63, 3.8) is 0 Å². The minimum atomic E-state index is 0.900. The number of rotatable bonds is 18. The molecule has 0 aliphatic heterocycles. The second kappa shape index (κ2) is 18.3. The van der Waals surface area contributed by atoms with E-state index in [1.807, 2.05) is 0 Å². The molecule has 0 fully saturated rings. The Labute approximate surface area is 149 Å². The van der Waals surface area contributed by atoms with Gasteiger partial charge in [0.1, 0.15) is 0 Å². The summed E-state index contributed by atoms with van der Waals surface area (Å²) in [6.07, 6.45) is 25.5. The zero-order valence-corrected chi connectivity index (χ0v) is 17.0. The van der Waals surface area contributed by atoms with Gasteiger partial charge in [-0.25, -0.2) is 0 Å². The first-order valence-corrected chi connectivity index (χ1v) is 11.1. The summed E-state index contributed by atoms with van der Waals surface area (Å²) in [4.78, 5) is 0. The molecule has 0 aliphatic carbocycles. The molecule has 0 aromatic heterocycles. The fourth-order valence-electron chi connectivity index (χ4n) is 3.64. The van der Waals surface area contributed by atoms with Gasteiger partial charge in [0.2, 0.25) is 0 Å². The van der Waals surface area contributed by atoms with Crippen molar-refractivity contribution in [1.29, 1.82) is 0 Å². The Morgan fingerprint density at radius 2 is 0.783 bits per heavy atom. The summed E-state index contributed by atoms with van der Waals surface area (Å²) in [5, 5.41) is 0. The Morgan fingerprint density at radius 3 is 1.22 bits per heavy atom. The van der Waals surface area contributed by atoms with E-state index in [0.29, 0.717) is 0 Å². The minimum absolute atomic E-state index is 0.900. The van der Waals surface area contributed by atoms with Crippen molar-refractivity contribution in [2.45, 2.75) is 130 Å². The molecule has 0 heterocycles. The smallest absolute Gasteiger partial charge is 0.0324 e. The molecule has 1 unspecified atom stereocenters. The van der Waals surface area contributed by atoms with Crippen LogP contribution in [0.5, 0.6) is 0 Å². The van der Waals surface area contributed by atoms with Gasteiger partial charge in [-0.05, 0) is 18.3 Å². The summed E-state index contributed by atoms with van der Waals surface area (Å²) in [5.74, 6) is 1.80. The van der Waals surface area contributed by atoms with E-state index in [4.69, 9.17) is 0 Å². The van der Waals surface area contributed by atoms with Crippen LogP contribution in [0.15, 0.2) is 0 Å². The standard InChI is InChI=1S/C23H47/c1-5-9-13-14-15-16-20-23(19-12-8-4)21-22(17-10-6-2)18-11-7-3/h21-23H,5-20H2,1-4H3. The second-order valence-corrected chi connectivity index (χ2v) is 7.70. The second-order valence-electron chi connectivity index (χ2n) is 7.70. The monoisotopic (exact) mass is 323 g/mol. The predicted octanol–water partition coefficient (Wildman–Crippen LogP) is 8.74. The van der Waals surface area contributed by atoms with Crippen LogP contribution in [0.25, 0.3) is 0 Å². The SMILES string of the molecule is CCCCCCCCC([CH]C(CCCC)CCCC)CCCC. The summed E-state index contributed by atoms with van der Waals surface area (Å²) in [7, 11) is 0. The molecule has 0 N–H and O–H groups in total. The van der Waals surface area contributed by atoms with E-state index in [-0.39, 0.29) is 0 Å². The number of hydrogen-bond acceptors (Lipinski definition) is 0. The van der Waals surface area contributed by atoms with Crippen molar-refractivity contribution in [3.8, 4) is 0 Å². The van der Waals surface area contributed by atoms with Crippen LogP contribution in [0, 0.1) is 18.3 Å². The lowest BCUT2D eigenvalue weighted by Gasteiger charge is -2.23. The van der Waals surface area contributed by atoms with E-state index in [0.717, 1.165) is 11.8 Å². The minimum Gasteiger partial charge on any atom is -0.0654 e. The summed E-state index contributed by atoms with van der Waals surface area (Å²) in [6, 6.07) is 0. The molecule has 23 heavy (non-hydrogen) atoms. The van der Waals surface area contributed by atoms with E-state index in [1.54, 1.807) is 0 Å². The highest BCUT2D eigenvalue weighted by Gasteiger charge is 2.16. The van der Waals surface area contributed by atoms with Gasteiger partial charge in [0, 0.05) is 0 Å². The highest BCUT2D eigenvalue weighted by atomic mass is 14.2. The van der Waals surface area contributed by atoms with Crippen LogP contribution in [0.4, 0.5) is 0 Å².